The number of halogens is 1. The number of ether oxygens (including phenoxy) is 1. The second-order valence-corrected chi connectivity index (χ2v) is 7.86. The van der Waals surface area contributed by atoms with Gasteiger partial charge in [0.15, 0.2) is 0 Å². The zero-order valence-corrected chi connectivity index (χ0v) is 11.5. The first kappa shape index (κ1) is 13.1. The number of hydrogen-bond donors (Lipinski definition) is 0. The second-order valence-electron chi connectivity index (χ2n) is 3.93. The zero-order chi connectivity index (χ0) is 12.3. The van der Waals surface area contributed by atoms with Crippen molar-refractivity contribution in [3.8, 4) is 5.75 Å². The minimum atomic E-state index is -3.48. The highest BCUT2D eigenvalue weighted by atomic mass is 35.7. The summed E-state index contributed by atoms with van der Waals surface area (Å²) in [6.45, 7) is 0. The lowest BCUT2D eigenvalue weighted by molar-refractivity contribution is 0.229. The van der Waals surface area contributed by atoms with Gasteiger partial charge in [-0.25, -0.2) is 8.42 Å². The van der Waals surface area contributed by atoms with Gasteiger partial charge >= 0.3 is 0 Å². The van der Waals surface area contributed by atoms with Crippen LogP contribution in [0.3, 0.4) is 0 Å². The molecule has 0 amide bonds. The molecule has 1 aromatic carbocycles. The highest BCUT2D eigenvalue weighted by molar-refractivity contribution is 8.13. The molecule has 6 heteroatoms. The molecular weight excluding hydrogens is 280 g/mol. The Morgan fingerprint density at radius 2 is 2.06 bits per heavy atom. The van der Waals surface area contributed by atoms with Crippen molar-refractivity contribution in [3.05, 3.63) is 29.8 Å². The molecule has 1 aliphatic heterocycles. The molecule has 1 unspecified atom stereocenters. The van der Waals surface area contributed by atoms with Crippen LogP contribution < -0.4 is 4.74 Å². The maximum absolute atomic E-state index is 10.9. The largest absolute Gasteiger partial charge is 0.490 e. The van der Waals surface area contributed by atoms with Gasteiger partial charge < -0.3 is 4.74 Å². The summed E-state index contributed by atoms with van der Waals surface area (Å²) in [4.78, 5) is 0. The van der Waals surface area contributed by atoms with Crippen molar-refractivity contribution in [1.29, 1.82) is 0 Å². The molecule has 94 valence electrons. The van der Waals surface area contributed by atoms with E-state index >= 15 is 0 Å². The van der Waals surface area contributed by atoms with Crippen molar-refractivity contribution in [3.63, 3.8) is 0 Å². The molecule has 0 aromatic heterocycles. The first-order valence-corrected chi connectivity index (χ1v) is 8.92. The van der Waals surface area contributed by atoms with E-state index in [0.717, 1.165) is 23.7 Å². The minimum absolute atomic E-state index is 0.145. The van der Waals surface area contributed by atoms with E-state index in [9.17, 15) is 8.42 Å². The Hall–Kier alpha value is -0.390. The van der Waals surface area contributed by atoms with E-state index in [1.165, 1.54) is 0 Å². The zero-order valence-electron chi connectivity index (χ0n) is 9.13. The normalized spacial score (nSPS) is 20.4. The van der Waals surface area contributed by atoms with Crippen molar-refractivity contribution in [2.75, 3.05) is 11.5 Å². The molecule has 0 spiro atoms. The summed E-state index contributed by atoms with van der Waals surface area (Å²) in [6, 6.07) is 7.05. The van der Waals surface area contributed by atoms with Crippen LogP contribution in [0.15, 0.2) is 24.3 Å². The lowest BCUT2D eigenvalue weighted by Gasteiger charge is -2.12. The summed E-state index contributed by atoms with van der Waals surface area (Å²) in [5.74, 6) is 2.81. The van der Waals surface area contributed by atoms with Crippen LogP contribution in [0.25, 0.3) is 0 Å². The van der Waals surface area contributed by atoms with E-state index < -0.39 is 9.05 Å². The van der Waals surface area contributed by atoms with E-state index in [4.69, 9.17) is 15.4 Å². The van der Waals surface area contributed by atoms with Crippen molar-refractivity contribution >= 4 is 31.5 Å². The predicted octanol–water partition coefficient (Wildman–Crippen LogP) is 2.64. The third kappa shape index (κ3) is 4.41. The molecule has 1 saturated heterocycles. The van der Waals surface area contributed by atoms with Crippen molar-refractivity contribution in [2.45, 2.75) is 18.3 Å². The van der Waals surface area contributed by atoms with Crippen LogP contribution in [-0.2, 0) is 14.8 Å². The van der Waals surface area contributed by atoms with E-state index in [-0.39, 0.29) is 11.9 Å². The monoisotopic (exact) mass is 292 g/mol. The third-order valence-corrected chi connectivity index (χ3v) is 4.59. The van der Waals surface area contributed by atoms with Crippen LogP contribution in [0.2, 0.25) is 0 Å². The standard InChI is InChI=1S/C11H13ClO3S2/c12-17(13,14)8-9-1-3-10(4-2-9)15-11-5-6-16-7-11/h1-4,11H,5-8H2. The van der Waals surface area contributed by atoms with Crippen molar-refractivity contribution in [1.82, 2.24) is 0 Å². The summed E-state index contributed by atoms with van der Waals surface area (Å²) < 4.78 is 27.5. The van der Waals surface area contributed by atoms with Gasteiger partial charge in [0.2, 0.25) is 9.05 Å². The highest BCUT2D eigenvalue weighted by Gasteiger charge is 2.16. The summed E-state index contributed by atoms with van der Waals surface area (Å²) in [6.07, 6.45) is 1.35. The van der Waals surface area contributed by atoms with Gasteiger partial charge in [-0.3, -0.25) is 0 Å². The Kier molecular flexibility index (Phi) is 4.22. The van der Waals surface area contributed by atoms with Crippen LogP contribution in [0.4, 0.5) is 0 Å². The molecule has 0 radical (unpaired) electrons. The van der Waals surface area contributed by atoms with Gasteiger partial charge in [0, 0.05) is 16.4 Å². The summed E-state index contributed by atoms with van der Waals surface area (Å²) in [7, 11) is 1.70. The van der Waals surface area contributed by atoms with E-state index in [1.54, 1.807) is 24.3 Å². The molecule has 1 atom stereocenters. The van der Waals surface area contributed by atoms with Crippen LogP contribution >= 0.6 is 22.4 Å². The molecule has 0 saturated carbocycles. The molecule has 17 heavy (non-hydrogen) atoms. The number of benzene rings is 1. The Morgan fingerprint density at radius 1 is 1.35 bits per heavy atom. The van der Waals surface area contributed by atoms with Gasteiger partial charge in [-0.15, -0.1) is 0 Å². The topological polar surface area (TPSA) is 43.4 Å². The number of rotatable bonds is 4. The Labute approximate surface area is 110 Å². The maximum Gasteiger partial charge on any atom is 0.236 e. The molecule has 0 N–H and O–H groups in total. The third-order valence-electron chi connectivity index (χ3n) is 2.45. The highest BCUT2D eigenvalue weighted by Crippen LogP contribution is 2.23. The molecule has 0 aliphatic carbocycles. The maximum atomic E-state index is 10.9. The molecular formula is C11H13ClO3S2. The Bertz CT molecular complexity index is 464. The van der Waals surface area contributed by atoms with Crippen LogP contribution in [0, 0.1) is 0 Å². The van der Waals surface area contributed by atoms with Gasteiger partial charge in [-0.2, -0.15) is 11.8 Å². The van der Waals surface area contributed by atoms with Gasteiger partial charge in [0.25, 0.3) is 0 Å². The Balaban J connectivity index is 1.97. The lowest BCUT2D eigenvalue weighted by atomic mass is 10.2. The molecule has 1 aliphatic rings. The minimum Gasteiger partial charge on any atom is -0.490 e. The quantitative estimate of drug-likeness (QED) is 0.800. The fraction of sp³-hybridized carbons (Fsp3) is 0.455. The SMILES string of the molecule is O=S(=O)(Cl)Cc1ccc(OC2CCSC2)cc1. The molecule has 3 nitrogen and oxygen atoms in total. The van der Waals surface area contributed by atoms with Crippen molar-refractivity contribution < 1.29 is 13.2 Å². The smallest absolute Gasteiger partial charge is 0.236 e. The van der Waals surface area contributed by atoms with E-state index in [1.807, 2.05) is 11.8 Å². The molecule has 2 rings (SSSR count). The Morgan fingerprint density at radius 3 is 2.59 bits per heavy atom. The van der Waals surface area contributed by atoms with Gasteiger partial charge in [-0.1, -0.05) is 12.1 Å². The first-order valence-electron chi connectivity index (χ1n) is 5.28. The lowest BCUT2D eigenvalue weighted by Crippen LogP contribution is -2.14. The van der Waals surface area contributed by atoms with E-state index in [0.29, 0.717) is 5.56 Å². The fourth-order valence-corrected chi connectivity index (χ4v) is 3.72. The van der Waals surface area contributed by atoms with Crippen LogP contribution in [0.5, 0.6) is 5.75 Å². The predicted molar refractivity (Wildman–Crippen MR) is 71.3 cm³/mol. The molecule has 0 bridgehead atoms. The second kappa shape index (κ2) is 5.50. The summed E-state index contributed by atoms with van der Waals surface area (Å²) in [5, 5.41) is 0. The average molecular weight is 293 g/mol. The molecule has 1 aromatic rings. The fourth-order valence-electron chi connectivity index (χ4n) is 1.66. The molecule has 1 heterocycles. The number of thioether (sulfide) groups is 1. The van der Waals surface area contributed by atoms with E-state index in [2.05, 4.69) is 0 Å². The van der Waals surface area contributed by atoms with Gasteiger partial charge in [0.1, 0.15) is 11.9 Å². The van der Waals surface area contributed by atoms with Gasteiger partial charge in [-0.05, 0) is 29.9 Å². The molecule has 1 fully saturated rings. The van der Waals surface area contributed by atoms with Crippen molar-refractivity contribution in [2.24, 2.45) is 0 Å². The first-order chi connectivity index (χ1) is 8.03. The summed E-state index contributed by atoms with van der Waals surface area (Å²) >= 11 is 1.89. The average Bonchev–Trinajstić information content (AvgIpc) is 2.71. The van der Waals surface area contributed by atoms with Gasteiger partial charge in [0.05, 0.1) is 5.75 Å². The van der Waals surface area contributed by atoms with Crippen LogP contribution in [0.1, 0.15) is 12.0 Å². The number of hydrogen-bond acceptors (Lipinski definition) is 4. The van der Waals surface area contributed by atoms with Crippen LogP contribution in [-0.4, -0.2) is 26.0 Å². The summed E-state index contributed by atoms with van der Waals surface area (Å²) in [5.41, 5.74) is 0.674.